The quantitative estimate of drug-likeness (QED) is 0.189. The molecule has 0 N–H and O–H groups in total. The Balaban J connectivity index is 1.96. The first-order valence-electron chi connectivity index (χ1n) is 9.80. The van der Waals surface area contributed by atoms with Crippen LogP contribution in [0.1, 0.15) is 29.7 Å². The van der Waals surface area contributed by atoms with Crippen LogP contribution in [0.15, 0.2) is 88.1 Å². The van der Waals surface area contributed by atoms with Crippen LogP contribution < -0.4 is 0 Å². The molecule has 0 heterocycles. The zero-order valence-electron chi connectivity index (χ0n) is 17.4. The average molecular weight is 424 g/mol. The van der Waals surface area contributed by atoms with Crippen LogP contribution in [-0.2, 0) is 13.1 Å². The molecule has 158 valence electrons. The lowest BCUT2D eigenvalue weighted by Gasteiger charge is -2.30. The highest BCUT2D eigenvalue weighted by atomic mass is 15.2. The molecule has 1 atom stereocenters. The van der Waals surface area contributed by atoms with Gasteiger partial charge >= 0.3 is 0 Å². The van der Waals surface area contributed by atoms with Crippen molar-refractivity contribution < 1.29 is 0 Å². The SMILES string of the molecule is CC(c1cccc(N=[N+]=[N-])c1)N(Cc1cccc(N=[N+]=[N-])c1)Cc1cccc(N=[N+]=[N-])c1. The van der Waals surface area contributed by atoms with Gasteiger partial charge in [-0.05, 0) is 58.4 Å². The zero-order valence-corrected chi connectivity index (χ0v) is 17.4. The van der Waals surface area contributed by atoms with Crippen LogP contribution in [0.5, 0.6) is 0 Å². The van der Waals surface area contributed by atoms with Crippen molar-refractivity contribution in [3.63, 3.8) is 0 Å². The van der Waals surface area contributed by atoms with Gasteiger partial charge in [0.15, 0.2) is 0 Å². The van der Waals surface area contributed by atoms with Crippen molar-refractivity contribution in [3.05, 3.63) is 121 Å². The highest BCUT2D eigenvalue weighted by molar-refractivity contribution is 5.43. The predicted molar refractivity (Wildman–Crippen MR) is 123 cm³/mol. The van der Waals surface area contributed by atoms with E-state index in [9.17, 15) is 0 Å². The monoisotopic (exact) mass is 424 g/mol. The smallest absolute Gasteiger partial charge is 0.0378 e. The molecule has 0 amide bonds. The van der Waals surface area contributed by atoms with E-state index in [2.05, 4.69) is 41.9 Å². The number of rotatable bonds is 9. The number of nitrogens with zero attached hydrogens (tertiary/aromatic N) is 10. The van der Waals surface area contributed by atoms with Crippen molar-refractivity contribution in [1.29, 1.82) is 0 Å². The van der Waals surface area contributed by atoms with Crippen LogP contribution in [0.25, 0.3) is 31.3 Å². The lowest BCUT2D eigenvalue weighted by atomic mass is 10.0. The van der Waals surface area contributed by atoms with Gasteiger partial charge in [0, 0.05) is 50.9 Å². The van der Waals surface area contributed by atoms with Gasteiger partial charge in [-0.2, -0.15) is 0 Å². The van der Waals surface area contributed by atoms with E-state index in [0.29, 0.717) is 30.2 Å². The zero-order chi connectivity index (χ0) is 22.8. The normalized spacial score (nSPS) is 11.1. The van der Waals surface area contributed by atoms with Crippen LogP contribution in [0.3, 0.4) is 0 Å². The molecular weight excluding hydrogens is 404 g/mol. The first kappa shape index (κ1) is 22.2. The minimum absolute atomic E-state index is 0.0323. The molecule has 0 bridgehead atoms. The summed E-state index contributed by atoms with van der Waals surface area (Å²) in [6, 6.07) is 22.3. The van der Waals surface area contributed by atoms with Gasteiger partial charge < -0.3 is 0 Å². The van der Waals surface area contributed by atoms with Gasteiger partial charge in [0.1, 0.15) is 0 Å². The molecule has 0 aromatic heterocycles. The van der Waals surface area contributed by atoms with Gasteiger partial charge in [-0.25, -0.2) is 0 Å². The van der Waals surface area contributed by atoms with E-state index in [4.69, 9.17) is 16.6 Å². The third-order valence-corrected chi connectivity index (χ3v) is 4.97. The molecule has 10 nitrogen and oxygen atoms in total. The number of hydrogen-bond donors (Lipinski definition) is 0. The van der Waals surface area contributed by atoms with Gasteiger partial charge in [0.2, 0.25) is 0 Å². The summed E-state index contributed by atoms with van der Waals surface area (Å²) in [4.78, 5) is 10.8. The molecule has 10 heteroatoms. The van der Waals surface area contributed by atoms with E-state index in [1.807, 2.05) is 54.6 Å². The molecule has 0 aliphatic heterocycles. The molecule has 0 fully saturated rings. The summed E-state index contributed by atoms with van der Waals surface area (Å²) in [6.45, 7) is 3.23. The van der Waals surface area contributed by atoms with Crippen molar-refractivity contribution in [3.8, 4) is 0 Å². The standard InChI is InChI=1S/C22H20N10/c1-16(19-7-4-10-22(13-19)28-31-25)32(14-17-5-2-8-20(11-17)26-29-23)15-18-6-3-9-21(12-18)27-30-24/h2-13,16H,14-15H2,1H3. The van der Waals surface area contributed by atoms with Crippen molar-refractivity contribution in [2.45, 2.75) is 26.1 Å². The highest BCUT2D eigenvalue weighted by Crippen LogP contribution is 2.29. The first-order chi connectivity index (χ1) is 15.6. The third-order valence-electron chi connectivity index (χ3n) is 4.97. The molecule has 0 saturated carbocycles. The average Bonchev–Trinajstić information content (AvgIpc) is 2.80. The molecule has 0 aliphatic carbocycles. The molecule has 32 heavy (non-hydrogen) atoms. The van der Waals surface area contributed by atoms with Gasteiger partial charge in [-0.1, -0.05) is 69.9 Å². The Morgan fingerprint density at radius 2 is 1.12 bits per heavy atom. The Bertz CT molecular complexity index is 1170. The first-order valence-corrected chi connectivity index (χ1v) is 9.80. The van der Waals surface area contributed by atoms with Crippen molar-refractivity contribution in [1.82, 2.24) is 4.90 Å². The van der Waals surface area contributed by atoms with E-state index in [1.165, 1.54) is 0 Å². The Hall–Kier alpha value is -4.45. The van der Waals surface area contributed by atoms with E-state index >= 15 is 0 Å². The molecule has 3 aromatic carbocycles. The van der Waals surface area contributed by atoms with Crippen molar-refractivity contribution >= 4 is 17.1 Å². The summed E-state index contributed by atoms with van der Waals surface area (Å²) in [6.07, 6.45) is 0. The van der Waals surface area contributed by atoms with Gasteiger partial charge in [-0.15, -0.1) is 0 Å². The second-order valence-electron chi connectivity index (χ2n) is 7.08. The second kappa shape index (κ2) is 11.1. The van der Waals surface area contributed by atoms with E-state index in [1.54, 1.807) is 18.2 Å². The molecule has 0 aliphatic rings. The summed E-state index contributed by atoms with van der Waals surface area (Å²) in [7, 11) is 0. The Labute approximate surface area is 184 Å². The van der Waals surface area contributed by atoms with Crippen molar-refractivity contribution in [2.24, 2.45) is 15.3 Å². The summed E-state index contributed by atoms with van der Waals surface area (Å²) in [5.41, 5.74) is 30.9. The van der Waals surface area contributed by atoms with Crippen LogP contribution in [0, 0.1) is 0 Å². The maximum absolute atomic E-state index is 8.77. The van der Waals surface area contributed by atoms with E-state index in [0.717, 1.165) is 16.7 Å². The number of azide groups is 3. The third kappa shape index (κ3) is 6.03. The fourth-order valence-corrected chi connectivity index (χ4v) is 3.45. The van der Waals surface area contributed by atoms with E-state index < -0.39 is 0 Å². The second-order valence-corrected chi connectivity index (χ2v) is 7.08. The molecule has 1 unspecified atom stereocenters. The van der Waals surface area contributed by atoms with Crippen LogP contribution in [0.4, 0.5) is 17.1 Å². The summed E-state index contributed by atoms with van der Waals surface area (Å²) in [5.74, 6) is 0. The van der Waals surface area contributed by atoms with Crippen molar-refractivity contribution in [2.75, 3.05) is 0 Å². The maximum Gasteiger partial charge on any atom is 0.0378 e. The lowest BCUT2D eigenvalue weighted by molar-refractivity contribution is 0.192. The highest BCUT2D eigenvalue weighted by Gasteiger charge is 2.17. The fourth-order valence-electron chi connectivity index (χ4n) is 3.45. The summed E-state index contributed by atoms with van der Waals surface area (Å²) >= 11 is 0. The molecule has 0 radical (unpaired) electrons. The van der Waals surface area contributed by atoms with Crippen LogP contribution >= 0.6 is 0 Å². The molecular formula is C22H20N10. The van der Waals surface area contributed by atoms with E-state index in [-0.39, 0.29) is 6.04 Å². The Morgan fingerprint density at radius 3 is 1.59 bits per heavy atom. The topological polar surface area (TPSA) is 150 Å². The molecule has 0 spiro atoms. The number of benzene rings is 3. The largest absolute Gasteiger partial charge is 0.288 e. The maximum atomic E-state index is 8.77. The molecule has 3 rings (SSSR count). The minimum Gasteiger partial charge on any atom is -0.288 e. The van der Waals surface area contributed by atoms with Crippen LogP contribution in [0.2, 0.25) is 0 Å². The fraction of sp³-hybridized carbons (Fsp3) is 0.182. The molecule has 3 aromatic rings. The minimum atomic E-state index is -0.0323. The summed E-state index contributed by atoms with van der Waals surface area (Å²) in [5, 5.41) is 11.1. The van der Waals surface area contributed by atoms with Crippen LogP contribution in [-0.4, -0.2) is 4.90 Å². The van der Waals surface area contributed by atoms with Gasteiger partial charge in [0.05, 0.1) is 0 Å². The summed E-state index contributed by atoms with van der Waals surface area (Å²) < 4.78 is 0. The Morgan fingerprint density at radius 1 is 0.688 bits per heavy atom. The lowest BCUT2D eigenvalue weighted by Crippen LogP contribution is -2.26. The van der Waals surface area contributed by atoms with Gasteiger partial charge in [-0.3, -0.25) is 4.90 Å². The molecule has 0 saturated heterocycles. The predicted octanol–water partition coefficient (Wildman–Crippen LogP) is 8.28. The van der Waals surface area contributed by atoms with Gasteiger partial charge in [0.25, 0.3) is 0 Å². The Kier molecular flexibility index (Phi) is 7.70. The number of hydrogen-bond acceptors (Lipinski definition) is 4.